The van der Waals surface area contributed by atoms with Crippen molar-refractivity contribution in [1.29, 1.82) is 5.26 Å². The second kappa shape index (κ2) is 4.67. The van der Waals surface area contributed by atoms with Crippen molar-refractivity contribution in [2.45, 2.75) is 33.2 Å². The van der Waals surface area contributed by atoms with Crippen LogP contribution < -0.4 is 0 Å². The van der Waals surface area contributed by atoms with E-state index >= 15 is 0 Å². The van der Waals surface area contributed by atoms with Gasteiger partial charge in [-0.1, -0.05) is 19.9 Å². The molecule has 0 radical (unpaired) electrons. The van der Waals surface area contributed by atoms with Crippen molar-refractivity contribution in [3.8, 4) is 6.07 Å². The van der Waals surface area contributed by atoms with Crippen LogP contribution in [0.1, 0.15) is 36.7 Å². The first-order valence-corrected chi connectivity index (χ1v) is 5.73. The quantitative estimate of drug-likeness (QED) is 0.767. The average Bonchev–Trinajstić information content (AvgIpc) is 2.39. The Hall–Kier alpha value is -1.01. The molecule has 1 rings (SSSR count). The Morgan fingerprint density at radius 1 is 1.60 bits per heavy atom. The molecular formula is C12H15BrN2. The monoisotopic (exact) mass is 266 g/mol. The first-order valence-electron chi connectivity index (χ1n) is 4.94. The highest BCUT2D eigenvalue weighted by Crippen LogP contribution is 2.32. The molecule has 15 heavy (non-hydrogen) atoms. The van der Waals surface area contributed by atoms with E-state index in [0.29, 0.717) is 5.92 Å². The molecule has 80 valence electrons. The van der Waals surface area contributed by atoms with Crippen molar-refractivity contribution in [3.05, 3.63) is 34.1 Å². The SMILES string of the molecule is C=CCn1c(C)c(C#N)c(Br)c1C(C)C. The minimum Gasteiger partial charge on any atom is -0.342 e. The van der Waals surface area contributed by atoms with Crippen LogP contribution >= 0.6 is 15.9 Å². The van der Waals surface area contributed by atoms with E-state index in [9.17, 15) is 0 Å². The summed E-state index contributed by atoms with van der Waals surface area (Å²) in [7, 11) is 0. The van der Waals surface area contributed by atoms with Gasteiger partial charge < -0.3 is 4.57 Å². The molecule has 0 amide bonds. The topological polar surface area (TPSA) is 28.7 Å². The van der Waals surface area contributed by atoms with Crippen molar-refractivity contribution >= 4 is 15.9 Å². The van der Waals surface area contributed by atoms with E-state index in [4.69, 9.17) is 5.26 Å². The number of nitriles is 1. The summed E-state index contributed by atoms with van der Waals surface area (Å²) < 4.78 is 3.07. The lowest BCUT2D eigenvalue weighted by Crippen LogP contribution is -2.05. The largest absolute Gasteiger partial charge is 0.342 e. The lowest BCUT2D eigenvalue weighted by Gasteiger charge is -2.12. The van der Waals surface area contributed by atoms with Crippen LogP contribution in [0.2, 0.25) is 0 Å². The Morgan fingerprint density at radius 3 is 2.60 bits per heavy atom. The van der Waals surface area contributed by atoms with Gasteiger partial charge in [-0.2, -0.15) is 5.26 Å². The fraction of sp³-hybridized carbons (Fsp3) is 0.417. The summed E-state index contributed by atoms with van der Waals surface area (Å²) in [5, 5.41) is 9.07. The van der Waals surface area contributed by atoms with Crippen LogP contribution in [0.3, 0.4) is 0 Å². The smallest absolute Gasteiger partial charge is 0.102 e. The van der Waals surface area contributed by atoms with Crippen LogP contribution in [0.15, 0.2) is 17.1 Å². The molecule has 0 saturated heterocycles. The summed E-state index contributed by atoms with van der Waals surface area (Å²) in [5.41, 5.74) is 2.91. The zero-order valence-electron chi connectivity index (χ0n) is 9.34. The van der Waals surface area contributed by atoms with Gasteiger partial charge in [0.1, 0.15) is 6.07 Å². The summed E-state index contributed by atoms with van der Waals surface area (Å²) in [5.74, 6) is 0.389. The molecule has 0 aliphatic heterocycles. The Labute approximate surface area is 99.3 Å². The maximum atomic E-state index is 9.07. The Morgan fingerprint density at radius 2 is 2.20 bits per heavy atom. The Kier molecular flexibility index (Phi) is 3.76. The van der Waals surface area contributed by atoms with Gasteiger partial charge in [0.2, 0.25) is 0 Å². The van der Waals surface area contributed by atoms with Crippen molar-refractivity contribution in [3.63, 3.8) is 0 Å². The molecule has 0 N–H and O–H groups in total. The van der Waals surface area contributed by atoms with Crippen molar-refractivity contribution in [2.24, 2.45) is 0 Å². The van der Waals surface area contributed by atoms with Crippen molar-refractivity contribution in [1.82, 2.24) is 4.57 Å². The molecule has 2 nitrogen and oxygen atoms in total. The van der Waals surface area contributed by atoms with E-state index in [1.807, 2.05) is 13.0 Å². The number of hydrogen-bond acceptors (Lipinski definition) is 1. The van der Waals surface area contributed by atoms with Gasteiger partial charge in [-0.05, 0) is 28.8 Å². The maximum Gasteiger partial charge on any atom is 0.102 e. The number of aromatic nitrogens is 1. The van der Waals surface area contributed by atoms with Crippen molar-refractivity contribution in [2.75, 3.05) is 0 Å². The van der Waals surface area contributed by atoms with Crippen molar-refractivity contribution < 1.29 is 0 Å². The molecule has 0 aliphatic rings. The van der Waals surface area contributed by atoms with E-state index in [0.717, 1.165) is 22.3 Å². The number of rotatable bonds is 3. The third-order valence-electron chi connectivity index (χ3n) is 2.47. The van der Waals surface area contributed by atoms with Gasteiger partial charge in [0, 0.05) is 17.9 Å². The van der Waals surface area contributed by atoms with E-state index in [2.05, 4.69) is 47.0 Å². The third-order valence-corrected chi connectivity index (χ3v) is 3.27. The van der Waals surface area contributed by atoms with E-state index in [-0.39, 0.29) is 0 Å². The average molecular weight is 267 g/mol. The van der Waals surface area contributed by atoms with Gasteiger partial charge in [0.15, 0.2) is 0 Å². The highest BCUT2D eigenvalue weighted by molar-refractivity contribution is 9.10. The lowest BCUT2D eigenvalue weighted by molar-refractivity contribution is 0.685. The van der Waals surface area contributed by atoms with Crippen LogP contribution in [0.25, 0.3) is 0 Å². The first kappa shape index (κ1) is 12.1. The van der Waals surface area contributed by atoms with Crippen LogP contribution in [0, 0.1) is 18.3 Å². The predicted octanol–water partition coefficient (Wildman–Crippen LogP) is 3.74. The lowest BCUT2D eigenvalue weighted by atomic mass is 10.1. The fourth-order valence-corrected chi connectivity index (χ4v) is 2.83. The van der Waals surface area contributed by atoms with Gasteiger partial charge in [-0.25, -0.2) is 0 Å². The standard InChI is InChI=1S/C12H15BrN2/c1-5-6-15-9(4)10(7-14)11(13)12(15)8(2)3/h5,8H,1,6H2,2-4H3. The number of allylic oxidation sites excluding steroid dienone is 1. The predicted molar refractivity (Wildman–Crippen MR) is 65.9 cm³/mol. The summed E-state index contributed by atoms with van der Waals surface area (Å²) >= 11 is 3.51. The van der Waals surface area contributed by atoms with Gasteiger partial charge in [-0.15, -0.1) is 6.58 Å². The van der Waals surface area contributed by atoms with Crippen LogP contribution in [0.5, 0.6) is 0 Å². The summed E-state index contributed by atoms with van der Waals surface area (Å²) in [6, 6.07) is 2.24. The molecule has 0 aliphatic carbocycles. The first-order chi connectivity index (χ1) is 7.04. The van der Waals surface area contributed by atoms with E-state index in [1.165, 1.54) is 5.69 Å². The van der Waals surface area contributed by atoms with E-state index < -0.39 is 0 Å². The highest BCUT2D eigenvalue weighted by Gasteiger charge is 2.19. The normalized spacial score (nSPS) is 10.4. The molecule has 0 aromatic carbocycles. The number of nitrogens with zero attached hydrogens (tertiary/aromatic N) is 2. The Balaban J connectivity index is 3.48. The molecule has 0 unspecified atom stereocenters. The minimum absolute atomic E-state index is 0.389. The summed E-state index contributed by atoms with van der Waals surface area (Å²) in [6.07, 6.45) is 1.85. The second-order valence-electron chi connectivity index (χ2n) is 3.83. The second-order valence-corrected chi connectivity index (χ2v) is 4.62. The molecule has 1 heterocycles. The molecule has 1 aromatic rings. The Bertz CT molecular complexity index is 422. The molecule has 0 bridgehead atoms. The molecule has 0 spiro atoms. The highest BCUT2D eigenvalue weighted by atomic mass is 79.9. The van der Waals surface area contributed by atoms with Gasteiger partial charge in [0.25, 0.3) is 0 Å². The van der Waals surface area contributed by atoms with Gasteiger partial charge in [-0.3, -0.25) is 0 Å². The molecule has 3 heteroatoms. The summed E-state index contributed by atoms with van der Waals surface area (Å²) in [4.78, 5) is 0. The molecule has 0 fully saturated rings. The van der Waals surface area contributed by atoms with Gasteiger partial charge >= 0.3 is 0 Å². The fourth-order valence-electron chi connectivity index (χ4n) is 1.78. The number of hydrogen-bond donors (Lipinski definition) is 0. The molecule has 0 atom stereocenters. The molecule has 1 aromatic heterocycles. The zero-order valence-corrected chi connectivity index (χ0v) is 10.9. The van der Waals surface area contributed by atoms with Crippen LogP contribution in [0.4, 0.5) is 0 Å². The minimum atomic E-state index is 0.389. The van der Waals surface area contributed by atoms with E-state index in [1.54, 1.807) is 0 Å². The molecule has 0 saturated carbocycles. The number of halogens is 1. The molecular weight excluding hydrogens is 252 g/mol. The summed E-state index contributed by atoms with van der Waals surface area (Å²) in [6.45, 7) is 10.7. The van der Waals surface area contributed by atoms with Crippen LogP contribution in [-0.2, 0) is 6.54 Å². The zero-order chi connectivity index (χ0) is 11.6. The maximum absolute atomic E-state index is 9.07. The van der Waals surface area contributed by atoms with Crippen LogP contribution in [-0.4, -0.2) is 4.57 Å². The third kappa shape index (κ3) is 2.00. The van der Waals surface area contributed by atoms with Gasteiger partial charge in [0.05, 0.1) is 10.0 Å².